The Morgan fingerprint density at radius 3 is 2.55 bits per heavy atom. The lowest BCUT2D eigenvalue weighted by Gasteiger charge is -2.22. The van der Waals surface area contributed by atoms with Crippen LogP contribution in [0.1, 0.15) is 0 Å². The van der Waals surface area contributed by atoms with Crippen molar-refractivity contribution in [2.75, 3.05) is 39.3 Å². The van der Waals surface area contributed by atoms with Crippen molar-refractivity contribution in [2.24, 2.45) is 0 Å². The van der Waals surface area contributed by atoms with Crippen molar-refractivity contribution in [3.8, 4) is 0 Å². The van der Waals surface area contributed by atoms with Gasteiger partial charge in [-0.05, 0) is 24.3 Å². The summed E-state index contributed by atoms with van der Waals surface area (Å²) in [6.45, 7) is 1.05. The maximum absolute atomic E-state index is 12.0. The van der Waals surface area contributed by atoms with Crippen molar-refractivity contribution in [2.45, 2.75) is 11.0 Å². The van der Waals surface area contributed by atoms with Gasteiger partial charge in [0.15, 0.2) is 6.10 Å². The van der Waals surface area contributed by atoms with Crippen LogP contribution in [0.25, 0.3) is 0 Å². The molecule has 1 unspecified atom stereocenters. The van der Waals surface area contributed by atoms with E-state index in [0.717, 1.165) is 4.47 Å². The summed E-state index contributed by atoms with van der Waals surface area (Å²) in [5, 5.41) is 2.65. The maximum atomic E-state index is 12.0. The van der Waals surface area contributed by atoms with E-state index in [9.17, 15) is 13.2 Å². The van der Waals surface area contributed by atoms with Gasteiger partial charge in [0.05, 0.1) is 31.8 Å². The molecule has 0 saturated carbocycles. The summed E-state index contributed by atoms with van der Waals surface area (Å²) in [5.74, 6) is -0.329. The monoisotopic (exact) mass is 330 g/mol. The molecule has 0 aromatic heterocycles. The van der Waals surface area contributed by atoms with Gasteiger partial charge in [0.2, 0.25) is 0 Å². The second-order valence-corrected chi connectivity index (χ2v) is 6.48. The number of anilines is 1. The van der Waals surface area contributed by atoms with Crippen LogP contribution in [0.15, 0.2) is 29.2 Å². The highest BCUT2D eigenvalue weighted by Crippen LogP contribution is 2.18. The normalized spacial score (nSPS) is 19.1. The van der Waals surface area contributed by atoms with Gasteiger partial charge in [-0.1, -0.05) is 4.47 Å². The van der Waals surface area contributed by atoms with Crippen LogP contribution in [0.5, 0.6) is 0 Å². The maximum Gasteiger partial charge on any atom is 0.264 e. The van der Waals surface area contributed by atoms with Gasteiger partial charge in [0.1, 0.15) is 0 Å². The third-order valence-corrected chi connectivity index (χ3v) is 4.82. The number of hydroxylamine groups is 1. The Labute approximate surface area is 129 Å². The number of benzene rings is 1. The average molecular weight is 330 g/mol. The predicted octanol–water partition coefficient (Wildman–Crippen LogP) is 0.222. The molecule has 1 atom stereocenters. The first kappa shape index (κ1) is 16.8. The summed E-state index contributed by atoms with van der Waals surface area (Å²) in [5.41, 5.74) is 0.471. The number of rotatable bonds is 5. The van der Waals surface area contributed by atoms with Gasteiger partial charge in [-0.15, -0.1) is 0 Å². The van der Waals surface area contributed by atoms with Gasteiger partial charge in [-0.2, -0.15) is 0 Å². The first-order valence-electron chi connectivity index (χ1n) is 6.58. The molecule has 9 heteroatoms. The fourth-order valence-electron chi connectivity index (χ4n) is 1.82. The lowest BCUT2D eigenvalue weighted by atomic mass is 10.3. The Bertz CT molecular complexity index is 610. The van der Waals surface area contributed by atoms with Crippen molar-refractivity contribution in [1.29, 1.82) is 0 Å². The predicted molar refractivity (Wildman–Crippen MR) is 77.6 cm³/mol. The van der Waals surface area contributed by atoms with Crippen molar-refractivity contribution >= 4 is 21.6 Å². The molecular formula is C13H18N2O6S. The number of carbonyl (C=O) groups excluding carboxylic acids is 1. The van der Waals surface area contributed by atoms with Gasteiger partial charge in [-0.25, -0.2) is 8.42 Å². The molecule has 1 aromatic rings. The standard InChI is InChI=1S/C13H18N2O6S/c1-15(19-2)22(17,18)11-5-3-10(4-6-11)14-13(16)12-9-20-7-8-21-12/h3-6,12H,7-9H2,1-2H3,(H,14,16). The van der Waals surface area contributed by atoms with Crippen molar-refractivity contribution in [1.82, 2.24) is 4.47 Å². The fraction of sp³-hybridized carbons (Fsp3) is 0.462. The number of hydrogen-bond acceptors (Lipinski definition) is 6. The zero-order valence-corrected chi connectivity index (χ0v) is 13.1. The molecular weight excluding hydrogens is 312 g/mol. The minimum absolute atomic E-state index is 0.0621. The molecule has 0 bridgehead atoms. The molecule has 22 heavy (non-hydrogen) atoms. The van der Waals surface area contributed by atoms with Gasteiger partial charge >= 0.3 is 0 Å². The molecule has 1 N–H and O–H groups in total. The highest BCUT2D eigenvalue weighted by atomic mass is 32.2. The van der Waals surface area contributed by atoms with Crippen molar-refractivity contribution < 1.29 is 27.5 Å². The van der Waals surface area contributed by atoms with Crippen LogP contribution < -0.4 is 5.32 Å². The number of hydrogen-bond donors (Lipinski definition) is 1. The third-order valence-electron chi connectivity index (χ3n) is 3.12. The number of nitrogens with one attached hydrogen (secondary N) is 1. The number of sulfonamides is 1. The zero-order chi connectivity index (χ0) is 16.2. The zero-order valence-electron chi connectivity index (χ0n) is 12.3. The minimum Gasteiger partial charge on any atom is -0.376 e. The Hall–Kier alpha value is -1.52. The fourth-order valence-corrected chi connectivity index (χ4v) is 2.79. The van der Waals surface area contributed by atoms with E-state index in [1.54, 1.807) is 0 Å². The molecule has 1 saturated heterocycles. The molecule has 0 radical (unpaired) electrons. The number of ether oxygens (including phenoxy) is 2. The Kier molecular flexibility index (Phi) is 5.48. The van der Waals surface area contributed by atoms with Crippen molar-refractivity contribution in [3.05, 3.63) is 24.3 Å². The summed E-state index contributed by atoms with van der Waals surface area (Å²) in [7, 11) is -1.14. The first-order chi connectivity index (χ1) is 10.4. The first-order valence-corrected chi connectivity index (χ1v) is 8.02. The number of carbonyl (C=O) groups is 1. The SMILES string of the molecule is CON(C)S(=O)(=O)c1ccc(NC(=O)C2COCCO2)cc1. The topological polar surface area (TPSA) is 94.2 Å². The highest BCUT2D eigenvalue weighted by molar-refractivity contribution is 7.89. The van der Waals surface area contributed by atoms with Crippen LogP contribution in [-0.4, -0.2) is 58.9 Å². The van der Waals surface area contributed by atoms with Crippen molar-refractivity contribution in [3.63, 3.8) is 0 Å². The van der Waals surface area contributed by atoms with Gasteiger partial charge in [-0.3, -0.25) is 9.63 Å². The summed E-state index contributed by atoms with van der Waals surface area (Å²) in [4.78, 5) is 16.7. The van der Waals surface area contributed by atoms with Crippen LogP contribution in [0.2, 0.25) is 0 Å². The van der Waals surface area contributed by atoms with E-state index >= 15 is 0 Å². The molecule has 1 aromatic carbocycles. The second-order valence-electron chi connectivity index (χ2n) is 4.55. The van der Waals surface area contributed by atoms with E-state index in [1.807, 2.05) is 0 Å². The Morgan fingerprint density at radius 2 is 2.00 bits per heavy atom. The summed E-state index contributed by atoms with van der Waals surface area (Å²) >= 11 is 0. The van der Waals surface area contributed by atoms with Crippen LogP contribution in [0, 0.1) is 0 Å². The van der Waals surface area contributed by atoms with Crippen LogP contribution in [0.4, 0.5) is 5.69 Å². The van der Waals surface area contributed by atoms with Crippen LogP contribution in [-0.2, 0) is 29.1 Å². The molecule has 1 heterocycles. The summed E-state index contributed by atoms with van der Waals surface area (Å²) < 4.78 is 35.2. The number of nitrogens with zero attached hydrogens (tertiary/aromatic N) is 1. The average Bonchev–Trinajstić information content (AvgIpc) is 2.55. The van der Waals surface area contributed by atoms with E-state index in [-0.39, 0.29) is 17.4 Å². The number of amides is 1. The van der Waals surface area contributed by atoms with Crippen LogP contribution >= 0.6 is 0 Å². The molecule has 1 aliphatic rings. The minimum atomic E-state index is -3.70. The Morgan fingerprint density at radius 1 is 1.32 bits per heavy atom. The summed E-state index contributed by atoms with van der Waals surface area (Å²) in [6.07, 6.45) is -0.656. The van der Waals surface area contributed by atoms with E-state index in [1.165, 1.54) is 38.4 Å². The van der Waals surface area contributed by atoms with E-state index in [2.05, 4.69) is 10.2 Å². The molecule has 1 fully saturated rings. The van der Waals surface area contributed by atoms with Gasteiger partial charge in [0.25, 0.3) is 15.9 Å². The molecule has 2 rings (SSSR count). The van der Waals surface area contributed by atoms with E-state index in [0.29, 0.717) is 18.9 Å². The molecule has 0 aliphatic carbocycles. The Balaban J connectivity index is 2.04. The van der Waals surface area contributed by atoms with Gasteiger partial charge < -0.3 is 14.8 Å². The highest BCUT2D eigenvalue weighted by Gasteiger charge is 2.23. The van der Waals surface area contributed by atoms with E-state index in [4.69, 9.17) is 9.47 Å². The second kappa shape index (κ2) is 7.16. The molecule has 122 valence electrons. The molecule has 8 nitrogen and oxygen atoms in total. The smallest absolute Gasteiger partial charge is 0.264 e. The van der Waals surface area contributed by atoms with Gasteiger partial charge in [0, 0.05) is 12.7 Å². The summed E-state index contributed by atoms with van der Waals surface area (Å²) in [6, 6.07) is 5.77. The molecule has 0 spiro atoms. The lowest BCUT2D eigenvalue weighted by Crippen LogP contribution is -2.39. The van der Waals surface area contributed by atoms with E-state index < -0.39 is 16.1 Å². The lowest BCUT2D eigenvalue weighted by molar-refractivity contribution is -0.142. The molecule has 1 aliphatic heterocycles. The molecule has 1 amide bonds. The largest absolute Gasteiger partial charge is 0.376 e. The van der Waals surface area contributed by atoms with Crippen LogP contribution in [0.3, 0.4) is 0 Å². The third kappa shape index (κ3) is 3.81. The quantitative estimate of drug-likeness (QED) is 0.776.